The summed E-state index contributed by atoms with van der Waals surface area (Å²) in [7, 11) is 0. The predicted molar refractivity (Wildman–Crippen MR) is 131 cm³/mol. The lowest BCUT2D eigenvalue weighted by atomic mass is 10.0. The molecular formula is C28H22N4O2. The van der Waals surface area contributed by atoms with Crippen LogP contribution in [0.25, 0.3) is 22.0 Å². The lowest BCUT2D eigenvalue weighted by Gasteiger charge is -2.05. The Morgan fingerprint density at radius 2 is 1.41 bits per heavy atom. The molecule has 0 aliphatic carbocycles. The lowest BCUT2D eigenvalue weighted by Crippen LogP contribution is -2.04. The van der Waals surface area contributed by atoms with Gasteiger partial charge in [0, 0.05) is 54.7 Å². The largest absolute Gasteiger partial charge is 0.352 e. The van der Waals surface area contributed by atoms with E-state index in [1.165, 1.54) is 0 Å². The number of aromatic nitrogens is 4. The number of pyridine rings is 3. The van der Waals surface area contributed by atoms with E-state index in [-0.39, 0.29) is 11.6 Å². The smallest absolute Gasteiger partial charge is 0.183 e. The molecule has 6 heteroatoms. The average Bonchev–Trinajstić information content (AvgIpc) is 3.32. The van der Waals surface area contributed by atoms with Crippen LogP contribution in [-0.4, -0.2) is 31.5 Å². The maximum Gasteiger partial charge on any atom is 0.183 e. The molecule has 5 rings (SSSR count). The Balaban J connectivity index is 1.34. The molecule has 0 saturated heterocycles. The molecule has 4 aromatic heterocycles. The molecule has 166 valence electrons. The van der Waals surface area contributed by atoms with Crippen LogP contribution in [0.5, 0.6) is 0 Å². The number of aromatic amines is 1. The van der Waals surface area contributed by atoms with Gasteiger partial charge in [-0.2, -0.15) is 0 Å². The van der Waals surface area contributed by atoms with Crippen LogP contribution >= 0.6 is 0 Å². The van der Waals surface area contributed by atoms with Gasteiger partial charge in [-0.3, -0.25) is 24.5 Å². The van der Waals surface area contributed by atoms with Gasteiger partial charge in [0.1, 0.15) is 5.69 Å². The van der Waals surface area contributed by atoms with Crippen LogP contribution in [0.15, 0.2) is 91.6 Å². The topological polar surface area (TPSA) is 88.6 Å². The maximum absolute atomic E-state index is 12.7. The number of H-pyrrole nitrogens is 1. The number of ketones is 2. The second-order valence-electron chi connectivity index (χ2n) is 8.15. The van der Waals surface area contributed by atoms with Gasteiger partial charge in [-0.1, -0.05) is 6.07 Å². The summed E-state index contributed by atoms with van der Waals surface area (Å²) in [5.74, 6) is 0.0281. The van der Waals surface area contributed by atoms with Gasteiger partial charge in [0.05, 0.1) is 5.69 Å². The predicted octanol–water partition coefficient (Wildman–Crippen LogP) is 5.26. The first kappa shape index (κ1) is 21.4. The first-order chi connectivity index (χ1) is 16.7. The summed E-state index contributed by atoms with van der Waals surface area (Å²) in [5.41, 5.74) is 5.80. The summed E-state index contributed by atoms with van der Waals surface area (Å²) >= 11 is 0. The highest BCUT2D eigenvalue weighted by atomic mass is 16.1. The van der Waals surface area contributed by atoms with Crippen LogP contribution in [0.4, 0.5) is 0 Å². The summed E-state index contributed by atoms with van der Waals surface area (Å²) in [6.45, 7) is 0. The van der Waals surface area contributed by atoms with E-state index in [1.54, 1.807) is 31.0 Å². The minimum Gasteiger partial charge on any atom is -0.352 e. The van der Waals surface area contributed by atoms with Crippen molar-refractivity contribution in [3.05, 3.63) is 114 Å². The number of carbonyl (C=O) groups excluding carboxylic acids is 2. The highest BCUT2D eigenvalue weighted by Crippen LogP contribution is 2.26. The molecule has 5 aromatic rings. The van der Waals surface area contributed by atoms with Crippen molar-refractivity contribution >= 4 is 22.5 Å². The van der Waals surface area contributed by atoms with Crippen LogP contribution < -0.4 is 0 Å². The minimum absolute atomic E-state index is 0.00498. The highest BCUT2D eigenvalue weighted by Gasteiger charge is 2.13. The number of fused-ring (bicyclic) bond motifs is 1. The summed E-state index contributed by atoms with van der Waals surface area (Å²) in [4.78, 5) is 40.9. The van der Waals surface area contributed by atoms with Crippen molar-refractivity contribution < 1.29 is 9.59 Å². The molecule has 0 radical (unpaired) electrons. The molecular weight excluding hydrogens is 424 g/mol. The molecule has 0 amide bonds. The molecule has 1 aromatic carbocycles. The SMILES string of the molecule is O=C(CCc1ccncc1)c1cc(-c2ccc3[nH]c(C(=O)Cc4ccncc4)cc3c2)ccn1. The van der Waals surface area contributed by atoms with Gasteiger partial charge in [0.25, 0.3) is 0 Å². The van der Waals surface area contributed by atoms with Crippen molar-refractivity contribution in [3.8, 4) is 11.1 Å². The molecule has 34 heavy (non-hydrogen) atoms. The van der Waals surface area contributed by atoms with Crippen LogP contribution in [0.2, 0.25) is 0 Å². The molecule has 0 unspecified atom stereocenters. The Kier molecular flexibility index (Phi) is 6.03. The second-order valence-corrected chi connectivity index (χ2v) is 8.15. The number of aryl methyl sites for hydroxylation is 1. The fourth-order valence-electron chi connectivity index (χ4n) is 3.94. The van der Waals surface area contributed by atoms with E-state index in [9.17, 15) is 9.59 Å². The normalized spacial score (nSPS) is 10.9. The fourth-order valence-corrected chi connectivity index (χ4v) is 3.94. The third kappa shape index (κ3) is 4.81. The number of hydrogen-bond donors (Lipinski definition) is 1. The van der Waals surface area contributed by atoms with Crippen LogP contribution in [0, 0.1) is 0 Å². The fraction of sp³-hybridized carbons (Fsp3) is 0.107. The van der Waals surface area contributed by atoms with Gasteiger partial charge in [0.15, 0.2) is 11.6 Å². The quantitative estimate of drug-likeness (QED) is 0.329. The van der Waals surface area contributed by atoms with E-state index in [0.717, 1.165) is 33.2 Å². The molecule has 4 heterocycles. The van der Waals surface area contributed by atoms with E-state index in [4.69, 9.17) is 0 Å². The lowest BCUT2D eigenvalue weighted by molar-refractivity contribution is 0.0974. The number of hydrogen-bond acceptors (Lipinski definition) is 5. The first-order valence-electron chi connectivity index (χ1n) is 11.1. The molecule has 0 fully saturated rings. The van der Waals surface area contributed by atoms with E-state index in [1.807, 2.05) is 60.7 Å². The number of Topliss-reactive ketones (excluding diaryl/α,β-unsaturated/α-hetero) is 2. The summed E-state index contributed by atoms with van der Waals surface area (Å²) in [5, 5.41) is 0.943. The number of benzene rings is 1. The summed E-state index contributed by atoms with van der Waals surface area (Å²) in [6, 6.07) is 19.1. The number of rotatable bonds is 8. The Morgan fingerprint density at radius 1 is 0.706 bits per heavy atom. The highest BCUT2D eigenvalue weighted by molar-refractivity contribution is 6.01. The van der Waals surface area contributed by atoms with E-state index >= 15 is 0 Å². The maximum atomic E-state index is 12.7. The van der Waals surface area contributed by atoms with E-state index in [2.05, 4.69) is 19.9 Å². The number of nitrogens with one attached hydrogen (secondary N) is 1. The van der Waals surface area contributed by atoms with Crippen LogP contribution in [0.1, 0.15) is 38.5 Å². The third-order valence-corrected chi connectivity index (χ3v) is 5.80. The first-order valence-corrected chi connectivity index (χ1v) is 11.1. The molecule has 0 saturated carbocycles. The van der Waals surface area contributed by atoms with Crippen molar-refractivity contribution in [2.24, 2.45) is 0 Å². The summed E-state index contributed by atoms with van der Waals surface area (Å²) in [6.07, 6.45) is 9.86. The van der Waals surface area contributed by atoms with Gasteiger partial charge < -0.3 is 4.98 Å². The molecule has 0 spiro atoms. The van der Waals surface area contributed by atoms with Gasteiger partial charge in [-0.25, -0.2) is 0 Å². The molecule has 0 bridgehead atoms. The molecule has 1 N–H and O–H groups in total. The van der Waals surface area contributed by atoms with Gasteiger partial charge in [-0.15, -0.1) is 0 Å². The molecule has 0 aliphatic rings. The number of carbonyl (C=O) groups is 2. The van der Waals surface area contributed by atoms with Gasteiger partial charge in [0.2, 0.25) is 0 Å². The molecule has 0 atom stereocenters. The Hall–Kier alpha value is -4.45. The average molecular weight is 447 g/mol. The van der Waals surface area contributed by atoms with Crippen LogP contribution in [0.3, 0.4) is 0 Å². The van der Waals surface area contributed by atoms with Crippen molar-refractivity contribution in [1.29, 1.82) is 0 Å². The van der Waals surface area contributed by atoms with Crippen LogP contribution in [-0.2, 0) is 12.8 Å². The zero-order valence-corrected chi connectivity index (χ0v) is 18.4. The Bertz CT molecular complexity index is 1460. The zero-order chi connectivity index (χ0) is 23.3. The standard InChI is InChI=1S/C28H22N4O2/c33-27(4-1-19-5-10-29-11-6-19)25-17-22(9-14-31-25)21-2-3-24-23(16-21)18-26(32-24)28(34)15-20-7-12-30-13-8-20/h2-3,5-14,16-18,32H,1,4,15H2. The van der Waals surface area contributed by atoms with Crippen molar-refractivity contribution in [2.75, 3.05) is 0 Å². The van der Waals surface area contributed by atoms with E-state index in [0.29, 0.717) is 30.7 Å². The van der Waals surface area contributed by atoms with Crippen molar-refractivity contribution in [2.45, 2.75) is 19.3 Å². The van der Waals surface area contributed by atoms with E-state index < -0.39 is 0 Å². The summed E-state index contributed by atoms with van der Waals surface area (Å²) < 4.78 is 0. The monoisotopic (exact) mass is 446 g/mol. The minimum atomic E-state index is 0.00498. The van der Waals surface area contributed by atoms with Crippen molar-refractivity contribution in [1.82, 2.24) is 19.9 Å². The zero-order valence-electron chi connectivity index (χ0n) is 18.4. The Morgan fingerprint density at radius 3 is 2.18 bits per heavy atom. The van der Waals surface area contributed by atoms with Gasteiger partial charge in [-0.05, 0) is 83.3 Å². The second kappa shape index (κ2) is 9.58. The third-order valence-electron chi connectivity index (χ3n) is 5.80. The van der Waals surface area contributed by atoms with Crippen molar-refractivity contribution in [3.63, 3.8) is 0 Å². The molecule has 0 aliphatic heterocycles. The number of nitrogens with zero attached hydrogens (tertiary/aromatic N) is 3. The Labute approximate surface area is 196 Å². The molecule has 6 nitrogen and oxygen atoms in total. The van der Waals surface area contributed by atoms with Gasteiger partial charge >= 0.3 is 0 Å².